The number of aromatic nitrogens is 2. The van der Waals surface area contributed by atoms with E-state index in [9.17, 15) is 19.1 Å². The summed E-state index contributed by atoms with van der Waals surface area (Å²) in [4.78, 5) is 28.9. The quantitative estimate of drug-likeness (QED) is 0.276. The highest BCUT2D eigenvalue weighted by Crippen LogP contribution is 2.27. The van der Waals surface area contributed by atoms with Crippen molar-refractivity contribution in [1.29, 1.82) is 0 Å². The number of nitrogens with one attached hydrogen (secondary N) is 1. The maximum Gasteiger partial charge on any atom is 0.339 e. The Balaban J connectivity index is 1.89. The summed E-state index contributed by atoms with van der Waals surface area (Å²) in [6, 6.07) is 12.0. The van der Waals surface area contributed by atoms with Crippen molar-refractivity contribution in [2.24, 2.45) is 5.92 Å². The van der Waals surface area contributed by atoms with Crippen LogP contribution in [0.15, 0.2) is 42.5 Å². The molecule has 0 unspecified atom stereocenters. The highest BCUT2D eigenvalue weighted by molar-refractivity contribution is 7.81. The molecule has 3 rings (SSSR count). The molecule has 0 aliphatic carbocycles. The van der Waals surface area contributed by atoms with Gasteiger partial charge in [-0.25, -0.2) is 9.18 Å². The monoisotopic (exact) mass is 527 g/mol. The number of carboxylic acid groups (broad SMARTS) is 1. The van der Waals surface area contributed by atoms with Gasteiger partial charge in [0.2, 0.25) is 5.91 Å². The van der Waals surface area contributed by atoms with Crippen LogP contribution in [0.1, 0.15) is 61.4 Å². The minimum absolute atomic E-state index is 0.126. The van der Waals surface area contributed by atoms with E-state index in [1.54, 1.807) is 18.2 Å². The molecule has 1 heterocycles. The number of aryl methyl sites for hydroxylation is 1. The molecule has 37 heavy (non-hydrogen) atoms. The molecule has 2 N–H and O–H groups in total. The van der Waals surface area contributed by atoms with Crippen LogP contribution in [-0.4, -0.2) is 38.4 Å². The zero-order valence-corrected chi connectivity index (χ0v) is 22.5. The van der Waals surface area contributed by atoms with Crippen molar-refractivity contribution in [3.63, 3.8) is 0 Å². The summed E-state index contributed by atoms with van der Waals surface area (Å²) in [6.07, 6.45) is 1.35. The highest BCUT2D eigenvalue weighted by Gasteiger charge is 2.21. The Kier molecular flexibility index (Phi) is 9.74. The second-order valence-corrected chi connectivity index (χ2v) is 9.81. The van der Waals surface area contributed by atoms with Crippen molar-refractivity contribution >= 4 is 24.5 Å². The van der Waals surface area contributed by atoms with E-state index in [2.05, 4.69) is 36.8 Å². The Morgan fingerprint density at radius 1 is 1.16 bits per heavy atom. The molecule has 0 aliphatic rings. The average molecular weight is 528 g/mol. The van der Waals surface area contributed by atoms with E-state index in [-0.39, 0.29) is 16.7 Å². The van der Waals surface area contributed by atoms with Gasteiger partial charge in [0.25, 0.3) is 6.01 Å². The van der Waals surface area contributed by atoms with Gasteiger partial charge in [0, 0.05) is 0 Å². The summed E-state index contributed by atoms with van der Waals surface area (Å²) >= 11 is 4.45. The molecular weight excluding hydrogens is 493 g/mol. The topological polar surface area (TPSA) is 93.5 Å². The Labute approximate surface area is 222 Å². The molecule has 0 bridgehead atoms. The molecule has 0 aliphatic heterocycles. The van der Waals surface area contributed by atoms with Crippen molar-refractivity contribution in [1.82, 2.24) is 14.9 Å². The number of amides is 1. The van der Waals surface area contributed by atoms with Crippen molar-refractivity contribution in [3.8, 4) is 17.1 Å². The lowest BCUT2D eigenvalue weighted by molar-refractivity contribution is -0.121. The van der Waals surface area contributed by atoms with Gasteiger partial charge in [0.05, 0.1) is 36.3 Å². The number of rotatable bonds is 12. The molecule has 2 aromatic carbocycles. The molecule has 7 nitrogen and oxygen atoms in total. The first kappa shape index (κ1) is 28.2. The normalized spacial score (nSPS) is 12.0. The molecule has 198 valence electrons. The zero-order chi connectivity index (χ0) is 27.1. The van der Waals surface area contributed by atoms with Gasteiger partial charge in [-0.05, 0) is 48.4 Å². The van der Waals surface area contributed by atoms with Crippen LogP contribution in [0, 0.1) is 11.7 Å². The smallest absolute Gasteiger partial charge is 0.339 e. The molecule has 0 fully saturated rings. The van der Waals surface area contributed by atoms with Gasteiger partial charge in [-0.3, -0.25) is 9.36 Å². The maximum atomic E-state index is 14.2. The summed E-state index contributed by atoms with van der Waals surface area (Å²) in [5, 5.41) is 12.1. The first-order valence-corrected chi connectivity index (χ1v) is 13.0. The van der Waals surface area contributed by atoms with Crippen molar-refractivity contribution in [3.05, 3.63) is 70.8 Å². The minimum Gasteiger partial charge on any atom is -0.478 e. The summed E-state index contributed by atoms with van der Waals surface area (Å²) in [7, 11) is 0. The van der Waals surface area contributed by atoms with Crippen LogP contribution in [0.4, 0.5) is 4.39 Å². The van der Waals surface area contributed by atoms with E-state index in [4.69, 9.17) is 4.74 Å². The third kappa shape index (κ3) is 6.91. The molecule has 0 saturated heterocycles. The second kappa shape index (κ2) is 12.8. The standard InChI is InChI=1S/C28H34FN3O4S/c1-5-22-23(15-30-26(33)24(37)14-17(3)4)32(28(31-22)36-6-2)16-18-10-12-19(13-11-18)20-8-7-9-21(29)25(20)27(34)35/h7-13,17,24,37H,5-6,14-16H2,1-4H3,(H,30,33)(H,34,35)/t24-/m0/s1. The van der Waals surface area contributed by atoms with Crippen LogP contribution in [0.25, 0.3) is 11.1 Å². The first-order chi connectivity index (χ1) is 17.7. The molecule has 1 amide bonds. The van der Waals surface area contributed by atoms with E-state index >= 15 is 0 Å². The number of aromatic carboxylic acids is 1. The van der Waals surface area contributed by atoms with Gasteiger partial charge in [0.15, 0.2) is 0 Å². The van der Waals surface area contributed by atoms with Gasteiger partial charge in [-0.15, -0.1) is 0 Å². The minimum atomic E-state index is -1.31. The number of carbonyl (C=O) groups is 2. The number of ether oxygens (including phenoxy) is 1. The summed E-state index contributed by atoms with van der Waals surface area (Å²) in [5.74, 6) is -1.85. The van der Waals surface area contributed by atoms with E-state index in [1.807, 2.05) is 30.5 Å². The Morgan fingerprint density at radius 3 is 2.46 bits per heavy atom. The van der Waals surface area contributed by atoms with Crippen LogP contribution in [0.3, 0.4) is 0 Å². The number of imidazole rings is 1. The SMILES string of the molecule is CCOc1nc(CC)c(CNC(=O)[C@@H](S)CC(C)C)n1Cc1ccc(-c2cccc(F)c2C(=O)O)cc1. The van der Waals surface area contributed by atoms with E-state index in [0.29, 0.717) is 55.6 Å². The van der Waals surface area contributed by atoms with Crippen LogP contribution >= 0.6 is 12.6 Å². The zero-order valence-electron chi connectivity index (χ0n) is 21.6. The summed E-state index contributed by atoms with van der Waals surface area (Å²) in [6.45, 7) is 9.16. The molecule has 1 atom stereocenters. The summed E-state index contributed by atoms with van der Waals surface area (Å²) < 4.78 is 21.9. The molecule has 3 aromatic rings. The average Bonchev–Trinajstić information content (AvgIpc) is 3.18. The molecule has 9 heteroatoms. The number of thiol groups is 1. The third-order valence-corrected chi connectivity index (χ3v) is 6.43. The Morgan fingerprint density at radius 2 is 1.86 bits per heavy atom. The maximum absolute atomic E-state index is 14.2. The van der Waals surface area contributed by atoms with Gasteiger partial charge >= 0.3 is 5.97 Å². The fraction of sp³-hybridized carbons (Fsp3) is 0.393. The molecule has 1 aromatic heterocycles. The number of hydrogen-bond donors (Lipinski definition) is 3. The summed E-state index contributed by atoms with van der Waals surface area (Å²) in [5.41, 5.74) is 3.17. The van der Waals surface area contributed by atoms with Crippen LogP contribution < -0.4 is 10.1 Å². The lowest BCUT2D eigenvalue weighted by atomic mass is 9.98. The van der Waals surface area contributed by atoms with Gasteiger partial charge in [-0.2, -0.15) is 17.6 Å². The van der Waals surface area contributed by atoms with E-state index in [1.165, 1.54) is 6.07 Å². The number of carbonyl (C=O) groups excluding carboxylic acids is 1. The molecule has 0 saturated carbocycles. The molecular formula is C28H34FN3O4S. The second-order valence-electron chi connectivity index (χ2n) is 9.19. The number of carboxylic acids is 1. The predicted molar refractivity (Wildman–Crippen MR) is 145 cm³/mol. The Hall–Kier alpha value is -3.33. The highest BCUT2D eigenvalue weighted by atomic mass is 32.1. The number of halogens is 1. The first-order valence-electron chi connectivity index (χ1n) is 12.4. The van der Waals surface area contributed by atoms with E-state index < -0.39 is 11.8 Å². The number of hydrogen-bond acceptors (Lipinski definition) is 5. The van der Waals surface area contributed by atoms with Gasteiger partial charge < -0.3 is 15.2 Å². The van der Waals surface area contributed by atoms with Gasteiger partial charge in [0.1, 0.15) is 11.4 Å². The fourth-order valence-electron chi connectivity index (χ4n) is 4.19. The number of nitrogens with zero attached hydrogens (tertiary/aromatic N) is 2. The lowest BCUT2D eigenvalue weighted by Crippen LogP contribution is -2.32. The van der Waals surface area contributed by atoms with Crippen LogP contribution in [0.2, 0.25) is 0 Å². The van der Waals surface area contributed by atoms with Gasteiger partial charge in [-0.1, -0.05) is 57.2 Å². The molecule has 0 spiro atoms. The lowest BCUT2D eigenvalue weighted by Gasteiger charge is -2.16. The van der Waals surface area contributed by atoms with Crippen LogP contribution in [-0.2, 0) is 24.3 Å². The predicted octanol–water partition coefficient (Wildman–Crippen LogP) is 5.36. The Bertz CT molecular complexity index is 1240. The third-order valence-electron chi connectivity index (χ3n) is 5.99. The van der Waals surface area contributed by atoms with Crippen molar-refractivity contribution in [2.75, 3.05) is 6.61 Å². The van der Waals surface area contributed by atoms with Crippen molar-refractivity contribution < 1.29 is 23.8 Å². The van der Waals surface area contributed by atoms with E-state index in [0.717, 1.165) is 23.0 Å². The largest absolute Gasteiger partial charge is 0.478 e. The molecule has 0 radical (unpaired) electrons. The van der Waals surface area contributed by atoms with Crippen LogP contribution in [0.5, 0.6) is 6.01 Å². The number of benzene rings is 2. The van der Waals surface area contributed by atoms with Crippen molar-refractivity contribution in [2.45, 2.75) is 58.9 Å². The fourth-order valence-corrected chi connectivity index (χ4v) is 4.70.